The van der Waals surface area contributed by atoms with Crippen LogP contribution in [0.25, 0.3) is 11.0 Å². The molecule has 0 bridgehead atoms. The second-order valence-corrected chi connectivity index (χ2v) is 8.42. The number of aryl methyl sites for hydroxylation is 2. The largest absolute Gasteiger partial charge is 0.464 e. The van der Waals surface area contributed by atoms with Crippen LogP contribution in [-0.4, -0.2) is 29.2 Å². The molecule has 0 aliphatic rings. The molecule has 35 heavy (non-hydrogen) atoms. The van der Waals surface area contributed by atoms with Crippen LogP contribution >= 0.6 is 0 Å². The molecule has 0 radical (unpaired) electrons. The third-order valence-electron chi connectivity index (χ3n) is 6.17. The molecule has 2 aromatic carbocycles. The van der Waals surface area contributed by atoms with Gasteiger partial charge < -0.3 is 14.9 Å². The molecule has 0 spiro atoms. The third-order valence-corrected chi connectivity index (χ3v) is 6.17. The van der Waals surface area contributed by atoms with Gasteiger partial charge in [-0.1, -0.05) is 42.5 Å². The molecule has 0 saturated heterocycles. The number of nitrogens with one attached hydrogen (secondary N) is 1. The lowest BCUT2D eigenvalue weighted by Gasteiger charge is -2.24. The van der Waals surface area contributed by atoms with Gasteiger partial charge in [0.1, 0.15) is 11.4 Å². The molecule has 0 aliphatic carbocycles. The summed E-state index contributed by atoms with van der Waals surface area (Å²) in [4.78, 5) is 42.6. The molecule has 4 rings (SSSR count). The molecule has 1 amide bonds. The molecule has 0 unspecified atom stereocenters. The molecule has 0 aliphatic heterocycles. The summed E-state index contributed by atoms with van der Waals surface area (Å²) in [6.45, 7) is 4.41. The van der Waals surface area contributed by atoms with Gasteiger partial charge in [0, 0.05) is 18.1 Å². The Labute approximate surface area is 201 Å². The van der Waals surface area contributed by atoms with E-state index in [1.54, 1.807) is 6.26 Å². The van der Waals surface area contributed by atoms with Crippen molar-refractivity contribution < 1.29 is 13.9 Å². The lowest BCUT2D eigenvalue weighted by molar-refractivity contribution is -0.118. The van der Waals surface area contributed by atoms with Crippen molar-refractivity contribution in [2.75, 3.05) is 24.4 Å². The first-order valence-corrected chi connectivity index (χ1v) is 11.2. The zero-order valence-corrected chi connectivity index (χ0v) is 20.0. The van der Waals surface area contributed by atoms with Crippen LogP contribution < -0.4 is 21.9 Å². The Balaban J connectivity index is 1.79. The van der Waals surface area contributed by atoms with Crippen molar-refractivity contribution in [3.05, 3.63) is 91.8 Å². The summed E-state index contributed by atoms with van der Waals surface area (Å²) in [5.41, 5.74) is 9.17. The predicted molar refractivity (Wildman–Crippen MR) is 135 cm³/mol. The summed E-state index contributed by atoms with van der Waals surface area (Å²) >= 11 is 0. The lowest BCUT2D eigenvalue weighted by Crippen LogP contribution is -2.41. The third kappa shape index (κ3) is 4.76. The van der Waals surface area contributed by atoms with E-state index in [1.165, 1.54) is 16.6 Å². The SMILES string of the molecule is COCCn1c(N)c(N(Cc2ccccc2)C(=O)Cc2coc3c(C)c(C)ccc23)c(=O)[nH]c1=O. The van der Waals surface area contributed by atoms with Crippen LogP contribution in [0.2, 0.25) is 0 Å². The van der Waals surface area contributed by atoms with Gasteiger partial charge in [-0.15, -0.1) is 0 Å². The monoisotopic (exact) mass is 476 g/mol. The Morgan fingerprint density at radius 3 is 2.60 bits per heavy atom. The highest BCUT2D eigenvalue weighted by Gasteiger charge is 2.26. The minimum absolute atomic E-state index is 0.0155. The summed E-state index contributed by atoms with van der Waals surface area (Å²) < 4.78 is 12.0. The number of hydrogen-bond acceptors (Lipinski definition) is 6. The molecular formula is C26H28N4O5. The van der Waals surface area contributed by atoms with Crippen molar-refractivity contribution in [3.8, 4) is 0 Å². The fraction of sp³-hybridized carbons (Fsp3) is 0.269. The standard InChI is InChI=1S/C26H28N4O5/c1-16-9-10-20-19(15-35-23(20)17(16)2)13-21(31)30(14-18-7-5-4-6-8-18)22-24(27)29(11-12-34-3)26(33)28-25(22)32/h4-10,15H,11-14,27H2,1-3H3,(H,28,32,33). The van der Waals surface area contributed by atoms with Gasteiger partial charge in [0.2, 0.25) is 5.91 Å². The van der Waals surface area contributed by atoms with Crippen molar-refractivity contribution in [2.45, 2.75) is 33.4 Å². The van der Waals surface area contributed by atoms with Crippen LogP contribution in [0.3, 0.4) is 0 Å². The van der Waals surface area contributed by atoms with Crippen molar-refractivity contribution in [2.24, 2.45) is 0 Å². The predicted octanol–water partition coefficient (Wildman–Crippen LogP) is 2.90. The Bertz CT molecular complexity index is 1480. The molecule has 3 N–H and O–H groups in total. The minimum Gasteiger partial charge on any atom is -0.464 e. The summed E-state index contributed by atoms with van der Waals surface area (Å²) in [5.74, 6) is -0.451. The average molecular weight is 477 g/mol. The molecule has 4 aromatic rings. The van der Waals surface area contributed by atoms with Crippen LogP contribution in [0.5, 0.6) is 0 Å². The fourth-order valence-electron chi connectivity index (χ4n) is 4.08. The van der Waals surface area contributed by atoms with Crippen LogP contribution in [0.15, 0.2) is 62.7 Å². The van der Waals surface area contributed by atoms with Gasteiger partial charge in [-0.05, 0) is 30.5 Å². The van der Waals surface area contributed by atoms with Gasteiger partial charge in [0.25, 0.3) is 5.56 Å². The summed E-state index contributed by atoms with van der Waals surface area (Å²) in [5, 5.41) is 0.841. The number of fused-ring (bicyclic) bond motifs is 1. The van der Waals surface area contributed by atoms with E-state index in [1.807, 2.05) is 56.3 Å². The number of amides is 1. The van der Waals surface area contributed by atoms with Gasteiger partial charge in [0.15, 0.2) is 5.69 Å². The highest BCUT2D eigenvalue weighted by atomic mass is 16.5. The van der Waals surface area contributed by atoms with E-state index in [0.29, 0.717) is 5.56 Å². The number of benzene rings is 2. The van der Waals surface area contributed by atoms with Gasteiger partial charge >= 0.3 is 5.69 Å². The summed E-state index contributed by atoms with van der Waals surface area (Å²) in [7, 11) is 1.50. The number of H-pyrrole nitrogens is 1. The Morgan fingerprint density at radius 2 is 1.89 bits per heavy atom. The van der Waals surface area contributed by atoms with E-state index < -0.39 is 11.2 Å². The van der Waals surface area contributed by atoms with Crippen molar-refractivity contribution in [1.29, 1.82) is 0 Å². The maximum atomic E-state index is 13.7. The van der Waals surface area contributed by atoms with Crippen LogP contribution in [0, 0.1) is 13.8 Å². The second-order valence-electron chi connectivity index (χ2n) is 8.42. The van der Waals surface area contributed by atoms with E-state index in [-0.39, 0.29) is 43.5 Å². The fourth-order valence-corrected chi connectivity index (χ4v) is 4.08. The topological polar surface area (TPSA) is 124 Å². The van der Waals surface area contributed by atoms with E-state index >= 15 is 0 Å². The number of anilines is 2. The number of hydrogen-bond donors (Lipinski definition) is 2. The number of aromatic nitrogens is 2. The van der Waals surface area contributed by atoms with Crippen molar-refractivity contribution >= 4 is 28.4 Å². The molecule has 2 aromatic heterocycles. The van der Waals surface area contributed by atoms with Gasteiger partial charge in [-0.2, -0.15) is 0 Å². The van der Waals surface area contributed by atoms with E-state index in [0.717, 1.165) is 27.7 Å². The summed E-state index contributed by atoms with van der Waals surface area (Å²) in [6, 6.07) is 13.2. The van der Waals surface area contributed by atoms with Crippen LogP contribution in [0.1, 0.15) is 22.3 Å². The molecule has 0 atom stereocenters. The summed E-state index contributed by atoms with van der Waals surface area (Å²) in [6.07, 6.45) is 1.56. The van der Waals surface area contributed by atoms with E-state index in [4.69, 9.17) is 14.9 Å². The number of nitrogens with two attached hydrogens (primary N) is 1. The first-order valence-electron chi connectivity index (χ1n) is 11.2. The van der Waals surface area contributed by atoms with Gasteiger partial charge in [-0.3, -0.25) is 24.0 Å². The molecule has 182 valence electrons. The Kier molecular flexibility index (Phi) is 6.88. The highest BCUT2D eigenvalue weighted by molar-refractivity contribution is 5.99. The number of methoxy groups -OCH3 is 1. The Hall–Kier alpha value is -4.11. The number of carbonyl (C=O) groups excluding carboxylic acids is 1. The maximum absolute atomic E-state index is 13.7. The first-order chi connectivity index (χ1) is 16.8. The average Bonchev–Trinajstić information content (AvgIpc) is 3.24. The number of nitrogen functional groups attached to an aromatic ring is 1. The first kappa shape index (κ1) is 24.0. The van der Waals surface area contributed by atoms with Crippen molar-refractivity contribution in [3.63, 3.8) is 0 Å². The zero-order valence-electron chi connectivity index (χ0n) is 20.0. The lowest BCUT2D eigenvalue weighted by atomic mass is 10.0. The number of ether oxygens (including phenoxy) is 1. The maximum Gasteiger partial charge on any atom is 0.330 e. The highest BCUT2D eigenvalue weighted by Crippen LogP contribution is 2.28. The molecule has 0 saturated carbocycles. The van der Waals surface area contributed by atoms with Crippen LogP contribution in [0.4, 0.5) is 11.5 Å². The number of rotatable bonds is 8. The molecule has 9 heteroatoms. The quantitative estimate of drug-likeness (QED) is 0.403. The molecule has 2 heterocycles. The van der Waals surface area contributed by atoms with Gasteiger partial charge in [0.05, 0.1) is 32.4 Å². The number of nitrogens with zero attached hydrogens (tertiary/aromatic N) is 2. The molecule has 0 fully saturated rings. The number of carbonyl (C=O) groups is 1. The Morgan fingerprint density at radius 1 is 1.14 bits per heavy atom. The van der Waals surface area contributed by atoms with Crippen LogP contribution in [-0.2, 0) is 29.0 Å². The van der Waals surface area contributed by atoms with Crippen molar-refractivity contribution in [1.82, 2.24) is 9.55 Å². The normalized spacial score (nSPS) is 11.2. The zero-order chi connectivity index (χ0) is 25.1. The number of aromatic amines is 1. The number of furan rings is 1. The minimum atomic E-state index is -0.728. The smallest absolute Gasteiger partial charge is 0.330 e. The molecule has 9 nitrogen and oxygen atoms in total. The van der Waals surface area contributed by atoms with E-state index in [9.17, 15) is 14.4 Å². The van der Waals surface area contributed by atoms with E-state index in [2.05, 4.69) is 4.98 Å². The molecular weight excluding hydrogens is 448 g/mol. The second kappa shape index (κ2) is 10.0. The van der Waals surface area contributed by atoms with Gasteiger partial charge in [-0.25, -0.2) is 4.79 Å².